The summed E-state index contributed by atoms with van der Waals surface area (Å²) in [5.74, 6) is 0.957. The van der Waals surface area contributed by atoms with Crippen molar-refractivity contribution in [2.45, 2.75) is 31.4 Å². The maximum Gasteiger partial charge on any atom is 0.389 e. The number of rotatable bonds is 5. The zero-order chi connectivity index (χ0) is 23.4. The Labute approximate surface area is 187 Å². The van der Waals surface area contributed by atoms with Crippen molar-refractivity contribution in [3.63, 3.8) is 0 Å². The molecule has 1 aliphatic rings. The molecule has 8 nitrogen and oxygen atoms in total. The van der Waals surface area contributed by atoms with Crippen LogP contribution in [0.3, 0.4) is 0 Å². The molecule has 1 saturated carbocycles. The average Bonchev–Trinajstić information content (AvgIpc) is 3.18. The summed E-state index contributed by atoms with van der Waals surface area (Å²) in [7, 11) is 1.77. The minimum atomic E-state index is -4.16. The first-order chi connectivity index (χ1) is 15.6. The molecule has 33 heavy (non-hydrogen) atoms. The molecular formula is C22H21F3N8. The third-order valence-electron chi connectivity index (χ3n) is 6.29. The fourth-order valence-corrected chi connectivity index (χ4v) is 4.26. The molecule has 4 heterocycles. The molecule has 0 aromatic carbocycles. The number of anilines is 3. The molecule has 4 aromatic heterocycles. The highest BCUT2D eigenvalue weighted by Crippen LogP contribution is 2.58. The lowest BCUT2D eigenvalue weighted by Gasteiger charge is -2.15. The van der Waals surface area contributed by atoms with Crippen molar-refractivity contribution in [3.05, 3.63) is 48.4 Å². The van der Waals surface area contributed by atoms with Gasteiger partial charge in [0.2, 0.25) is 0 Å². The van der Waals surface area contributed by atoms with Crippen LogP contribution in [-0.4, -0.2) is 36.1 Å². The Bertz CT molecular complexity index is 1350. The van der Waals surface area contributed by atoms with Crippen LogP contribution >= 0.6 is 0 Å². The fraction of sp³-hybridized carbons (Fsp3) is 0.318. The first kappa shape index (κ1) is 21.1. The largest absolute Gasteiger partial charge is 0.389 e. The third kappa shape index (κ3) is 4.06. The zero-order valence-corrected chi connectivity index (χ0v) is 17.9. The molecule has 1 unspecified atom stereocenters. The van der Waals surface area contributed by atoms with E-state index in [4.69, 9.17) is 5.73 Å². The van der Waals surface area contributed by atoms with Crippen molar-refractivity contribution < 1.29 is 13.2 Å². The van der Waals surface area contributed by atoms with Crippen molar-refractivity contribution in [1.82, 2.24) is 29.9 Å². The average molecular weight is 454 g/mol. The molecular weight excluding hydrogens is 433 g/mol. The van der Waals surface area contributed by atoms with Crippen molar-refractivity contribution in [1.29, 1.82) is 0 Å². The number of nitrogens with zero attached hydrogens (tertiary/aromatic N) is 6. The summed E-state index contributed by atoms with van der Waals surface area (Å²) in [4.78, 5) is 13.1. The van der Waals surface area contributed by atoms with Crippen LogP contribution in [0.4, 0.5) is 30.6 Å². The lowest BCUT2D eigenvalue weighted by molar-refractivity contribution is -0.139. The Hall–Kier alpha value is -3.76. The summed E-state index contributed by atoms with van der Waals surface area (Å²) >= 11 is 0. The van der Waals surface area contributed by atoms with Gasteiger partial charge in [-0.1, -0.05) is 12.1 Å². The molecule has 0 amide bonds. The first-order valence-electron chi connectivity index (χ1n) is 10.3. The summed E-state index contributed by atoms with van der Waals surface area (Å²) in [6, 6.07) is 7.25. The van der Waals surface area contributed by atoms with E-state index in [1.165, 1.54) is 0 Å². The standard InChI is InChI=1S/C22H21F3N8/c1-21(8-14(21)9-22(23,24)25)13-3-4-27-19(7-13)31-18-6-12-5-16(17-11-29-32-33(17)2)30-20(26)15(12)10-28-18/h3-7,10-11,14H,8-9H2,1-2H3,(H2,26,30)(H,27,28,31)/t14?,21-/m1/s1. The van der Waals surface area contributed by atoms with Gasteiger partial charge in [-0.15, -0.1) is 5.10 Å². The van der Waals surface area contributed by atoms with Gasteiger partial charge >= 0.3 is 6.18 Å². The van der Waals surface area contributed by atoms with E-state index in [9.17, 15) is 13.2 Å². The van der Waals surface area contributed by atoms with Gasteiger partial charge in [-0.3, -0.25) is 0 Å². The molecule has 4 aromatic rings. The van der Waals surface area contributed by atoms with Gasteiger partial charge in [0.05, 0.1) is 11.9 Å². The first-order valence-corrected chi connectivity index (χ1v) is 10.3. The van der Waals surface area contributed by atoms with Crippen LogP contribution in [0.5, 0.6) is 0 Å². The predicted molar refractivity (Wildman–Crippen MR) is 118 cm³/mol. The molecule has 0 bridgehead atoms. The molecule has 0 saturated heterocycles. The van der Waals surface area contributed by atoms with E-state index < -0.39 is 23.9 Å². The molecule has 1 aliphatic carbocycles. The number of hydrogen-bond acceptors (Lipinski definition) is 7. The SMILES string of the molecule is Cn1nncc1-c1cc2cc(Nc3cc([C@@]4(C)CC4CC(F)(F)F)ccn3)ncc2c(N)n1. The maximum atomic E-state index is 12.8. The van der Waals surface area contributed by atoms with Crippen LogP contribution in [0.1, 0.15) is 25.3 Å². The van der Waals surface area contributed by atoms with Crippen LogP contribution in [0.2, 0.25) is 0 Å². The van der Waals surface area contributed by atoms with Gasteiger partial charge in [0, 0.05) is 31.2 Å². The summed E-state index contributed by atoms with van der Waals surface area (Å²) in [5, 5.41) is 12.5. The second kappa shape index (κ2) is 7.39. The number of halogens is 3. The molecule has 0 aliphatic heterocycles. The van der Waals surface area contributed by atoms with E-state index in [0.717, 1.165) is 16.6 Å². The Morgan fingerprint density at radius 3 is 2.70 bits per heavy atom. The number of pyridine rings is 3. The molecule has 0 radical (unpaired) electrons. The maximum absolute atomic E-state index is 12.8. The van der Waals surface area contributed by atoms with Gasteiger partial charge in [0.25, 0.3) is 0 Å². The van der Waals surface area contributed by atoms with E-state index in [1.807, 2.05) is 19.1 Å². The topological polar surface area (TPSA) is 107 Å². The Morgan fingerprint density at radius 2 is 1.97 bits per heavy atom. The monoisotopic (exact) mass is 454 g/mol. The van der Waals surface area contributed by atoms with Gasteiger partial charge in [-0.05, 0) is 53.0 Å². The Morgan fingerprint density at radius 1 is 1.18 bits per heavy atom. The second-order valence-corrected chi connectivity index (χ2v) is 8.62. The van der Waals surface area contributed by atoms with E-state index in [0.29, 0.717) is 35.0 Å². The highest BCUT2D eigenvalue weighted by molar-refractivity contribution is 5.94. The molecule has 170 valence electrons. The fourth-order valence-electron chi connectivity index (χ4n) is 4.26. The summed E-state index contributed by atoms with van der Waals surface area (Å²) in [6.07, 6.45) is 0.395. The smallest absolute Gasteiger partial charge is 0.383 e. The van der Waals surface area contributed by atoms with Gasteiger partial charge < -0.3 is 11.1 Å². The quantitative estimate of drug-likeness (QED) is 0.461. The highest BCUT2D eigenvalue weighted by Gasteiger charge is 2.55. The number of alkyl halides is 3. The second-order valence-electron chi connectivity index (χ2n) is 8.62. The lowest BCUT2D eigenvalue weighted by Crippen LogP contribution is -2.13. The third-order valence-corrected chi connectivity index (χ3v) is 6.29. The number of nitrogens with one attached hydrogen (secondary N) is 1. The van der Waals surface area contributed by atoms with Crippen LogP contribution in [0.25, 0.3) is 22.2 Å². The van der Waals surface area contributed by atoms with E-state index in [2.05, 4.69) is 30.6 Å². The Kier molecular flexibility index (Phi) is 4.73. The highest BCUT2D eigenvalue weighted by atomic mass is 19.4. The van der Waals surface area contributed by atoms with Crippen molar-refractivity contribution in [2.75, 3.05) is 11.1 Å². The molecule has 1 fully saturated rings. The van der Waals surface area contributed by atoms with Crippen LogP contribution in [0.15, 0.2) is 42.9 Å². The van der Waals surface area contributed by atoms with Crippen molar-refractivity contribution in [3.8, 4) is 11.4 Å². The van der Waals surface area contributed by atoms with Crippen LogP contribution in [0, 0.1) is 5.92 Å². The molecule has 3 N–H and O–H groups in total. The Balaban J connectivity index is 1.42. The minimum Gasteiger partial charge on any atom is -0.383 e. The van der Waals surface area contributed by atoms with Gasteiger partial charge in [0.1, 0.15) is 23.1 Å². The van der Waals surface area contributed by atoms with Crippen molar-refractivity contribution >= 4 is 28.2 Å². The number of fused-ring (bicyclic) bond motifs is 1. The molecule has 0 spiro atoms. The number of hydrogen-bond donors (Lipinski definition) is 2. The van der Waals surface area contributed by atoms with Crippen molar-refractivity contribution in [2.24, 2.45) is 13.0 Å². The summed E-state index contributed by atoms with van der Waals surface area (Å²) in [6.45, 7) is 1.86. The summed E-state index contributed by atoms with van der Waals surface area (Å²) in [5.41, 5.74) is 7.80. The van der Waals surface area contributed by atoms with Gasteiger partial charge in [0.15, 0.2) is 0 Å². The molecule has 2 atom stereocenters. The van der Waals surface area contributed by atoms with Gasteiger partial charge in [-0.2, -0.15) is 13.2 Å². The number of nitrogens with two attached hydrogens (primary N) is 1. The van der Waals surface area contributed by atoms with E-state index in [-0.39, 0.29) is 0 Å². The van der Waals surface area contributed by atoms with E-state index >= 15 is 0 Å². The normalized spacial score (nSPS) is 20.2. The van der Waals surface area contributed by atoms with Crippen LogP contribution < -0.4 is 11.1 Å². The van der Waals surface area contributed by atoms with E-state index in [1.54, 1.807) is 42.5 Å². The predicted octanol–water partition coefficient (Wildman–Crippen LogP) is 4.38. The molecule has 11 heteroatoms. The zero-order valence-electron chi connectivity index (χ0n) is 17.9. The number of aromatic nitrogens is 6. The van der Waals surface area contributed by atoms with Crippen LogP contribution in [-0.2, 0) is 12.5 Å². The number of nitrogen functional groups attached to an aromatic ring is 1. The molecule has 5 rings (SSSR count). The summed E-state index contributed by atoms with van der Waals surface area (Å²) < 4.78 is 40.0. The minimum absolute atomic E-state index is 0.334. The van der Waals surface area contributed by atoms with Gasteiger partial charge in [-0.25, -0.2) is 19.6 Å². The lowest BCUT2D eigenvalue weighted by atomic mass is 9.95. The number of aryl methyl sites for hydroxylation is 1.